The van der Waals surface area contributed by atoms with E-state index in [1.54, 1.807) is 6.20 Å². The molecule has 2 N–H and O–H groups in total. The van der Waals surface area contributed by atoms with Crippen LogP contribution in [0.3, 0.4) is 0 Å². The fourth-order valence-electron chi connectivity index (χ4n) is 3.29. The van der Waals surface area contributed by atoms with Crippen molar-refractivity contribution in [1.29, 1.82) is 0 Å². The first kappa shape index (κ1) is 18.0. The summed E-state index contributed by atoms with van der Waals surface area (Å²) in [6, 6.07) is 5.30. The van der Waals surface area contributed by atoms with E-state index >= 15 is 0 Å². The summed E-state index contributed by atoms with van der Waals surface area (Å²) in [4.78, 5) is 28.5. The minimum atomic E-state index is -0.347. The van der Waals surface area contributed by atoms with Gasteiger partial charge in [0.15, 0.2) is 6.61 Å². The molecule has 1 fully saturated rings. The van der Waals surface area contributed by atoms with E-state index in [1.165, 1.54) is 0 Å². The predicted molar refractivity (Wildman–Crippen MR) is 96.7 cm³/mol. The number of hydrogen-bond donors (Lipinski definition) is 2. The van der Waals surface area contributed by atoms with Gasteiger partial charge in [-0.1, -0.05) is 18.2 Å². The first-order valence-corrected chi connectivity index (χ1v) is 8.70. The molecule has 7 nitrogen and oxygen atoms in total. The number of nitrogens with zero attached hydrogens (tertiary/aromatic N) is 2. The van der Waals surface area contributed by atoms with Crippen molar-refractivity contribution in [3.05, 3.63) is 47.5 Å². The monoisotopic (exact) mass is 356 g/mol. The van der Waals surface area contributed by atoms with Gasteiger partial charge in [-0.3, -0.25) is 9.59 Å². The van der Waals surface area contributed by atoms with Gasteiger partial charge in [0.2, 0.25) is 5.91 Å². The van der Waals surface area contributed by atoms with E-state index in [-0.39, 0.29) is 30.5 Å². The average Bonchev–Trinajstić information content (AvgIpc) is 3.02. The van der Waals surface area contributed by atoms with Crippen LogP contribution in [0.2, 0.25) is 0 Å². The summed E-state index contributed by atoms with van der Waals surface area (Å²) in [6.07, 6.45) is 4.44. The third-order valence-corrected chi connectivity index (χ3v) is 4.64. The summed E-state index contributed by atoms with van der Waals surface area (Å²) in [5.74, 6) is 1.21. The number of carbonyl (C=O) groups excluding carboxylic acids is 2. The number of aromatic nitrogens is 2. The number of rotatable bonds is 5. The molecular weight excluding hydrogens is 332 g/mol. The second kappa shape index (κ2) is 7.59. The van der Waals surface area contributed by atoms with Gasteiger partial charge in [-0.2, -0.15) is 0 Å². The van der Waals surface area contributed by atoms with Gasteiger partial charge in [-0.25, -0.2) is 4.98 Å². The normalized spacial score (nSPS) is 19.7. The Balaban J connectivity index is 1.65. The third kappa shape index (κ3) is 3.87. The van der Waals surface area contributed by atoms with Gasteiger partial charge in [0.1, 0.15) is 17.6 Å². The molecule has 0 aliphatic carbocycles. The quantitative estimate of drug-likeness (QED) is 0.851. The molecule has 1 aliphatic heterocycles. The van der Waals surface area contributed by atoms with Crippen LogP contribution in [0.15, 0.2) is 30.6 Å². The fourth-order valence-corrected chi connectivity index (χ4v) is 3.29. The maximum Gasteiger partial charge on any atom is 0.258 e. The Morgan fingerprint density at radius 1 is 1.38 bits per heavy atom. The van der Waals surface area contributed by atoms with Gasteiger partial charge in [0.25, 0.3) is 5.91 Å². The zero-order valence-electron chi connectivity index (χ0n) is 15.3. The highest BCUT2D eigenvalue weighted by molar-refractivity contribution is 5.80. The Kier molecular flexibility index (Phi) is 5.25. The lowest BCUT2D eigenvalue weighted by Gasteiger charge is -2.32. The molecule has 2 heterocycles. The molecule has 26 heavy (non-hydrogen) atoms. The van der Waals surface area contributed by atoms with E-state index in [0.29, 0.717) is 12.8 Å². The number of para-hydroxylation sites is 1. The van der Waals surface area contributed by atoms with Gasteiger partial charge >= 0.3 is 0 Å². The number of nitrogens with one attached hydrogen (secondary N) is 2. The smallest absolute Gasteiger partial charge is 0.258 e. The average molecular weight is 356 g/mol. The second-order valence-corrected chi connectivity index (χ2v) is 6.66. The molecule has 138 valence electrons. The van der Waals surface area contributed by atoms with Crippen LogP contribution < -0.4 is 15.4 Å². The summed E-state index contributed by atoms with van der Waals surface area (Å²) < 4.78 is 7.57. The second-order valence-electron chi connectivity index (χ2n) is 6.66. The van der Waals surface area contributed by atoms with Crippen molar-refractivity contribution in [3.8, 4) is 5.75 Å². The van der Waals surface area contributed by atoms with Crippen LogP contribution in [0.1, 0.15) is 35.8 Å². The van der Waals surface area contributed by atoms with E-state index < -0.39 is 0 Å². The number of aryl methyl sites for hydroxylation is 3. The van der Waals surface area contributed by atoms with Crippen molar-refractivity contribution in [1.82, 2.24) is 20.2 Å². The topological polar surface area (TPSA) is 85.2 Å². The van der Waals surface area contributed by atoms with Crippen molar-refractivity contribution >= 4 is 11.8 Å². The van der Waals surface area contributed by atoms with Crippen LogP contribution in [0.4, 0.5) is 0 Å². The highest BCUT2D eigenvalue weighted by Gasteiger charge is 2.33. The lowest BCUT2D eigenvalue weighted by Crippen LogP contribution is -2.51. The van der Waals surface area contributed by atoms with Crippen molar-refractivity contribution in [2.75, 3.05) is 6.61 Å². The summed E-state index contributed by atoms with van der Waals surface area (Å²) in [7, 11) is 1.87. The van der Waals surface area contributed by atoms with E-state index in [9.17, 15) is 9.59 Å². The zero-order chi connectivity index (χ0) is 18.7. The Morgan fingerprint density at radius 2 is 2.12 bits per heavy atom. The molecular formula is C19H24N4O3. The summed E-state index contributed by atoms with van der Waals surface area (Å²) in [5, 5.41) is 5.91. The Hall–Kier alpha value is -2.83. The van der Waals surface area contributed by atoms with E-state index in [1.807, 2.05) is 49.9 Å². The lowest BCUT2D eigenvalue weighted by molar-refractivity contribution is -0.128. The zero-order valence-corrected chi connectivity index (χ0v) is 15.3. The molecule has 1 aromatic heterocycles. The van der Waals surface area contributed by atoms with Gasteiger partial charge in [-0.05, 0) is 31.4 Å². The molecule has 7 heteroatoms. The van der Waals surface area contributed by atoms with Crippen LogP contribution in [0.5, 0.6) is 5.75 Å². The Morgan fingerprint density at radius 3 is 2.77 bits per heavy atom. The molecule has 0 bridgehead atoms. The van der Waals surface area contributed by atoms with Gasteiger partial charge < -0.3 is 19.9 Å². The molecule has 1 saturated heterocycles. The largest absolute Gasteiger partial charge is 0.483 e. The first-order chi connectivity index (χ1) is 12.5. The molecule has 0 radical (unpaired) electrons. The van der Waals surface area contributed by atoms with Crippen molar-refractivity contribution in [3.63, 3.8) is 0 Å². The highest BCUT2D eigenvalue weighted by Crippen LogP contribution is 2.24. The fraction of sp³-hybridized carbons (Fsp3) is 0.421. The molecule has 0 spiro atoms. The molecule has 1 aliphatic rings. The van der Waals surface area contributed by atoms with Crippen LogP contribution in [-0.4, -0.2) is 34.0 Å². The van der Waals surface area contributed by atoms with Crippen LogP contribution in [0, 0.1) is 13.8 Å². The van der Waals surface area contributed by atoms with E-state index in [0.717, 1.165) is 22.7 Å². The predicted octanol–water partition coefficient (Wildman–Crippen LogP) is 1.55. The number of hydrogen-bond acceptors (Lipinski definition) is 4. The molecule has 3 rings (SSSR count). The van der Waals surface area contributed by atoms with Crippen LogP contribution in [0.25, 0.3) is 0 Å². The Bertz CT molecular complexity index is 795. The van der Waals surface area contributed by atoms with Gasteiger partial charge in [-0.15, -0.1) is 0 Å². The number of imidazole rings is 1. The van der Waals surface area contributed by atoms with Gasteiger partial charge in [0.05, 0.1) is 6.04 Å². The number of piperidine rings is 1. The Labute approximate surface area is 152 Å². The van der Waals surface area contributed by atoms with Crippen molar-refractivity contribution < 1.29 is 14.3 Å². The van der Waals surface area contributed by atoms with Crippen LogP contribution in [-0.2, 0) is 16.6 Å². The molecule has 0 saturated carbocycles. The number of benzene rings is 1. The number of carbonyl (C=O) groups is 2. The summed E-state index contributed by atoms with van der Waals surface area (Å²) >= 11 is 0. The minimum Gasteiger partial charge on any atom is -0.483 e. The minimum absolute atomic E-state index is 0.0321. The SMILES string of the molecule is Cc1cccc(C)c1OCC(=O)N[C@@H]1CCC(=O)N[C@H]1c1nccn1C. The first-order valence-electron chi connectivity index (χ1n) is 8.70. The highest BCUT2D eigenvalue weighted by atomic mass is 16.5. The van der Waals surface area contributed by atoms with Crippen molar-refractivity contribution in [2.24, 2.45) is 7.05 Å². The molecule has 1 aromatic carbocycles. The molecule has 2 atom stereocenters. The maximum atomic E-state index is 12.4. The molecule has 2 amide bonds. The summed E-state index contributed by atoms with van der Waals surface area (Å²) in [5.41, 5.74) is 1.99. The maximum absolute atomic E-state index is 12.4. The van der Waals surface area contributed by atoms with E-state index in [2.05, 4.69) is 15.6 Å². The van der Waals surface area contributed by atoms with Crippen LogP contribution >= 0.6 is 0 Å². The lowest BCUT2D eigenvalue weighted by atomic mass is 9.97. The van der Waals surface area contributed by atoms with E-state index in [4.69, 9.17) is 4.74 Å². The molecule has 0 unspecified atom stereocenters. The molecule has 2 aromatic rings. The van der Waals surface area contributed by atoms with Crippen molar-refractivity contribution in [2.45, 2.75) is 38.8 Å². The number of ether oxygens (including phenoxy) is 1. The summed E-state index contributed by atoms with van der Waals surface area (Å²) in [6.45, 7) is 3.84. The number of amides is 2. The third-order valence-electron chi connectivity index (χ3n) is 4.64. The standard InChI is InChI=1S/C19H24N4O3/c1-12-5-4-6-13(2)18(12)26-11-16(25)21-14-7-8-15(24)22-17(14)19-20-9-10-23(19)3/h4-6,9-10,14,17H,7-8,11H2,1-3H3,(H,21,25)(H,22,24)/t14-,17-/m1/s1. The van der Waals surface area contributed by atoms with Gasteiger partial charge in [0, 0.05) is 25.9 Å².